The van der Waals surface area contributed by atoms with Gasteiger partial charge in [0, 0.05) is 3.57 Å². The van der Waals surface area contributed by atoms with Gasteiger partial charge in [0.05, 0.1) is 25.3 Å². The smallest absolute Gasteiger partial charge is 0.340 e. The van der Waals surface area contributed by atoms with E-state index in [-0.39, 0.29) is 5.56 Å². The molecule has 4 nitrogen and oxygen atoms in total. The maximum absolute atomic E-state index is 13.7. The molecule has 0 aliphatic heterocycles. The van der Waals surface area contributed by atoms with Crippen LogP contribution in [0.5, 0.6) is 0 Å². The molecule has 0 atom stereocenters. The molecule has 23 heavy (non-hydrogen) atoms. The summed E-state index contributed by atoms with van der Waals surface area (Å²) in [5.41, 5.74) is 1.96. The number of ether oxygens (including phenoxy) is 2. The monoisotopic (exact) mass is 428 g/mol. The third-order valence-corrected chi connectivity index (χ3v) is 4.22. The fourth-order valence-corrected chi connectivity index (χ4v) is 2.69. The van der Waals surface area contributed by atoms with Crippen molar-refractivity contribution >= 4 is 34.5 Å². The van der Waals surface area contributed by atoms with Crippen molar-refractivity contribution in [2.75, 3.05) is 14.2 Å². The highest BCUT2D eigenvalue weighted by Gasteiger charge is 2.14. The average molecular weight is 428 g/mol. The van der Waals surface area contributed by atoms with Crippen LogP contribution < -0.4 is 0 Å². The highest BCUT2D eigenvalue weighted by molar-refractivity contribution is 14.1. The lowest BCUT2D eigenvalue weighted by Gasteiger charge is -2.08. The minimum Gasteiger partial charge on any atom is -0.465 e. The maximum Gasteiger partial charge on any atom is 0.340 e. The van der Waals surface area contributed by atoms with Crippen LogP contribution in [0.2, 0.25) is 0 Å². The summed E-state index contributed by atoms with van der Waals surface area (Å²) in [5.74, 6) is -1.76. The van der Waals surface area contributed by atoms with Crippen LogP contribution in [-0.2, 0) is 15.9 Å². The topological polar surface area (TPSA) is 52.6 Å². The van der Waals surface area contributed by atoms with Crippen LogP contribution in [0.25, 0.3) is 0 Å². The van der Waals surface area contributed by atoms with E-state index in [0.717, 1.165) is 14.7 Å². The van der Waals surface area contributed by atoms with Crippen LogP contribution >= 0.6 is 22.6 Å². The Hall–Kier alpha value is -1.96. The summed E-state index contributed by atoms with van der Waals surface area (Å²) in [6.07, 6.45) is 0.450. The van der Waals surface area contributed by atoms with Crippen molar-refractivity contribution in [3.8, 4) is 0 Å². The third-order valence-electron chi connectivity index (χ3n) is 3.28. The lowest BCUT2D eigenvalue weighted by molar-refractivity contribution is 0.0588. The fraction of sp³-hybridized carbons (Fsp3) is 0.176. The minimum absolute atomic E-state index is 0.108. The van der Waals surface area contributed by atoms with Crippen molar-refractivity contribution in [3.63, 3.8) is 0 Å². The van der Waals surface area contributed by atoms with Crippen molar-refractivity contribution in [1.29, 1.82) is 0 Å². The standard InChI is InChI=1S/C17H14FIO4/c1-22-16(20)12-8-10(3-5-14(12)18)7-11-4-6-15(19)13(9-11)17(21)23-2/h3-6,8-9H,7H2,1-2H3. The molecule has 0 aliphatic carbocycles. The molecule has 0 aliphatic rings. The van der Waals surface area contributed by atoms with Gasteiger partial charge in [-0.25, -0.2) is 14.0 Å². The zero-order chi connectivity index (χ0) is 17.0. The highest BCUT2D eigenvalue weighted by Crippen LogP contribution is 2.20. The lowest BCUT2D eigenvalue weighted by atomic mass is 10.0. The molecule has 0 amide bonds. The number of halogens is 2. The first-order valence-corrected chi connectivity index (χ1v) is 7.77. The third kappa shape index (κ3) is 4.07. The molecule has 120 valence electrons. The van der Waals surface area contributed by atoms with Gasteiger partial charge in [-0.15, -0.1) is 0 Å². The zero-order valence-corrected chi connectivity index (χ0v) is 14.7. The average Bonchev–Trinajstić information content (AvgIpc) is 2.56. The minimum atomic E-state index is -0.720. The molecular weight excluding hydrogens is 414 g/mol. The first kappa shape index (κ1) is 17.4. The number of carbonyl (C=O) groups excluding carboxylic acids is 2. The number of hydrogen-bond acceptors (Lipinski definition) is 4. The SMILES string of the molecule is COC(=O)c1cc(Cc2ccc(I)c(C(=O)OC)c2)ccc1F. The number of methoxy groups -OCH3 is 2. The number of carbonyl (C=O) groups is 2. The molecule has 0 saturated heterocycles. The van der Waals surface area contributed by atoms with Crippen molar-refractivity contribution in [2.45, 2.75) is 6.42 Å². The van der Waals surface area contributed by atoms with E-state index in [9.17, 15) is 14.0 Å². The predicted octanol–water partition coefficient (Wildman–Crippen LogP) is 3.59. The Morgan fingerprint density at radius 3 is 2.09 bits per heavy atom. The first-order chi connectivity index (χ1) is 11.0. The quantitative estimate of drug-likeness (QED) is 0.552. The van der Waals surface area contributed by atoms with E-state index >= 15 is 0 Å². The van der Waals surface area contributed by atoms with E-state index in [2.05, 4.69) is 27.3 Å². The van der Waals surface area contributed by atoms with Crippen molar-refractivity contribution < 1.29 is 23.5 Å². The summed E-state index contributed by atoms with van der Waals surface area (Å²) in [6.45, 7) is 0. The molecule has 0 fully saturated rings. The normalized spacial score (nSPS) is 10.3. The molecule has 2 rings (SSSR count). The maximum atomic E-state index is 13.7. The van der Waals surface area contributed by atoms with Crippen LogP contribution in [0.15, 0.2) is 36.4 Å². The van der Waals surface area contributed by atoms with Gasteiger partial charge in [-0.2, -0.15) is 0 Å². The van der Waals surface area contributed by atoms with E-state index in [1.807, 2.05) is 12.1 Å². The number of hydrogen-bond donors (Lipinski definition) is 0. The number of benzene rings is 2. The second-order valence-corrected chi connectivity index (χ2v) is 5.95. The lowest BCUT2D eigenvalue weighted by Crippen LogP contribution is -2.06. The Kier molecular flexibility index (Phi) is 5.70. The molecule has 0 N–H and O–H groups in total. The van der Waals surface area contributed by atoms with Gasteiger partial charge in [-0.1, -0.05) is 12.1 Å². The summed E-state index contributed by atoms with van der Waals surface area (Å²) >= 11 is 2.06. The van der Waals surface area contributed by atoms with Crippen molar-refractivity contribution in [2.24, 2.45) is 0 Å². The molecule has 2 aromatic carbocycles. The van der Waals surface area contributed by atoms with Gasteiger partial charge in [0.15, 0.2) is 0 Å². The summed E-state index contributed by atoms with van der Waals surface area (Å²) in [6, 6.07) is 9.70. The van der Waals surface area contributed by atoms with Gasteiger partial charge in [-0.3, -0.25) is 0 Å². The second kappa shape index (κ2) is 7.54. The van der Waals surface area contributed by atoms with E-state index in [1.54, 1.807) is 12.1 Å². The molecule has 2 aromatic rings. The molecule has 0 heterocycles. The Balaban J connectivity index is 2.33. The van der Waals surface area contributed by atoms with Crippen molar-refractivity contribution in [1.82, 2.24) is 0 Å². The van der Waals surface area contributed by atoms with E-state index in [4.69, 9.17) is 4.74 Å². The summed E-state index contributed by atoms with van der Waals surface area (Å²) in [7, 11) is 2.53. The predicted molar refractivity (Wildman–Crippen MR) is 91.0 cm³/mol. The van der Waals surface area contributed by atoms with Crippen LogP contribution in [0.1, 0.15) is 31.8 Å². The zero-order valence-electron chi connectivity index (χ0n) is 12.6. The summed E-state index contributed by atoms with van der Waals surface area (Å²) < 4.78 is 23.7. The number of esters is 2. The second-order valence-electron chi connectivity index (χ2n) is 4.79. The van der Waals surface area contributed by atoms with Crippen LogP contribution in [0.3, 0.4) is 0 Å². The Bertz CT molecular complexity index is 695. The Morgan fingerprint density at radius 2 is 1.48 bits per heavy atom. The molecule has 0 spiro atoms. The molecule has 0 unspecified atom stereocenters. The largest absolute Gasteiger partial charge is 0.465 e. The first-order valence-electron chi connectivity index (χ1n) is 6.69. The van der Waals surface area contributed by atoms with E-state index < -0.39 is 17.8 Å². The summed E-state index contributed by atoms with van der Waals surface area (Å²) in [4.78, 5) is 23.3. The van der Waals surface area contributed by atoms with Crippen LogP contribution in [0.4, 0.5) is 4.39 Å². The molecule has 0 saturated carbocycles. The Labute approximate surface area is 146 Å². The Morgan fingerprint density at radius 1 is 0.957 bits per heavy atom. The van der Waals surface area contributed by atoms with Gasteiger partial charge in [-0.05, 0) is 64.4 Å². The number of rotatable bonds is 4. The molecular formula is C17H14FIO4. The van der Waals surface area contributed by atoms with Crippen molar-refractivity contribution in [3.05, 3.63) is 68.0 Å². The van der Waals surface area contributed by atoms with Gasteiger partial charge in [0.25, 0.3) is 0 Å². The molecule has 6 heteroatoms. The summed E-state index contributed by atoms with van der Waals surface area (Å²) in [5, 5.41) is 0. The van der Waals surface area contributed by atoms with Crippen LogP contribution in [0, 0.1) is 9.39 Å². The molecule has 0 radical (unpaired) electrons. The molecule has 0 bridgehead atoms. The van der Waals surface area contributed by atoms with Gasteiger partial charge < -0.3 is 9.47 Å². The molecule has 0 aromatic heterocycles. The van der Waals surface area contributed by atoms with E-state index in [0.29, 0.717) is 12.0 Å². The van der Waals surface area contributed by atoms with Gasteiger partial charge in [0.1, 0.15) is 5.82 Å². The van der Waals surface area contributed by atoms with E-state index in [1.165, 1.54) is 26.4 Å². The fourth-order valence-electron chi connectivity index (χ4n) is 2.13. The van der Waals surface area contributed by atoms with Gasteiger partial charge >= 0.3 is 11.9 Å². The highest BCUT2D eigenvalue weighted by atomic mass is 127. The van der Waals surface area contributed by atoms with Gasteiger partial charge in [0.2, 0.25) is 0 Å². The van der Waals surface area contributed by atoms with Crippen LogP contribution in [-0.4, -0.2) is 26.2 Å².